The second-order valence-electron chi connectivity index (χ2n) is 4.51. The second kappa shape index (κ2) is 5.28. The number of nitrogens with zero attached hydrogens (tertiary/aromatic N) is 2. The molecule has 2 aromatic heterocycles. The fourth-order valence-electron chi connectivity index (χ4n) is 2.31. The lowest BCUT2D eigenvalue weighted by atomic mass is 10.1. The highest BCUT2D eigenvalue weighted by atomic mass is 16.5. The number of hydrogen-bond donors (Lipinski definition) is 1. The highest BCUT2D eigenvalue weighted by molar-refractivity contribution is 5.89. The lowest BCUT2D eigenvalue weighted by Gasteiger charge is -2.12. The Bertz CT molecular complexity index is 803. The first-order chi connectivity index (χ1) is 10.2. The van der Waals surface area contributed by atoms with E-state index in [0.29, 0.717) is 22.8 Å². The van der Waals surface area contributed by atoms with Crippen LogP contribution in [0.1, 0.15) is 0 Å². The number of nitrogen functional groups attached to an aromatic ring is 1. The molecule has 0 aliphatic heterocycles. The molecule has 0 radical (unpaired) electrons. The molecular weight excluding hydrogens is 266 g/mol. The van der Waals surface area contributed by atoms with Gasteiger partial charge in [0.15, 0.2) is 11.5 Å². The lowest BCUT2D eigenvalue weighted by molar-refractivity contribution is 0.356. The molecule has 21 heavy (non-hydrogen) atoms. The minimum Gasteiger partial charge on any atom is -0.493 e. The number of nitrogens with two attached hydrogens (primary N) is 1. The molecule has 0 spiro atoms. The Morgan fingerprint density at radius 3 is 2.62 bits per heavy atom. The molecule has 0 unspecified atom stereocenters. The van der Waals surface area contributed by atoms with Gasteiger partial charge in [-0.25, -0.2) is 9.97 Å². The Hall–Kier alpha value is -2.82. The van der Waals surface area contributed by atoms with Crippen LogP contribution in [-0.4, -0.2) is 24.2 Å². The molecule has 0 amide bonds. The quantitative estimate of drug-likeness (QED) is 0.799. The van der Waals surface area contributed by atoms with Crippen molar-refractivity contribution in [1.82, 2.24) is 9.97 Å². The number of hydrogen-bond acceptors (Lipinski definition) is 5. The van der Waals surface area contributed by atoms with Crippen LogP contribution >= 0.6 is 0 Å². The van der Waals surface area contributed by atoms with Crippen LogP contribution < -0.4 is 15.2 Å². The molecule has 0 aliphatic rings. The maximum absolute atomic E-state index is 5.90. The van der Waals surface area contributed by atoms with Gasteiger partial charge >= 0.3 is 0 Å². The van der Waals surface area contributed by atoms with Crippen molar-refractivity contribution in [1.29, 1.82) is 0 Å². The van der Waals surface area contributed by atoms with Crippen molar-refractivity contribution < 1.29 is 9.47 Å². The first-order valence-electron chi connectivity index (χ1n) is 6.47. The van der Waals surface area contributed by atoms with Gasteiger partial charge in [-0.05, 0) is 24.3 Å². The monoisotopic (exact) mass is 281 g/mol. The summed E-state index contributed by atoms with van der Waals surface area (Å²) in [6.45, 7) is 0. The van der Waals surface area contributed by atoms with E-state index in [0.717, 1.165) is 16.6 Å². The van der Waals surface area contributed by atoms with E-state index in [9.17, 15) is 0 Å². The molecule has 0 saturated heterocycles. The van der Waals surface area contributed by atoms with E-state index in [4.69, 9.17) is 15.2 Å². The predicted octanol–water partition coefficient (Wildman–Crippen LogP) is 2.90. The Morgan fingerprint density at radius 1 is 1.00 bits per heavy atom. The van der Waals surface area contributed by atoms with Crippen molar-refractivity contribution in [3.63, 3.8) is 0 Å². The van der Waals surface area contributed by atoms with Crippen LogP contribution in [0, 0.1) is 0 Å². The highest BCUT2D eigenvalue weighted by Crippen LogP contribution is 2.37. The zero-order valence-electron chi connectivity index (χ0n) is 11.8. The van der Waals surface area contributed by atoms with Gasteiger partial charge in [0.05, 0.1) is 19.9 Å². The fourth-order valence-corrected chi connectivity index (χ4v) is 2.31. The lowest BCUT2D eigenvalue weighted by Crippen LogP contribution is -1.97. The molecule has 3 aromatic rings. The Balaban J connectivity index is 2.23. The number of rotatable bonds is 3. The van der Waals surface area contributed by atoms with Crippen molar-refractivity contribution in [2.75, 3.05) is 20.0 Å². The third kappa shape index (κ3) is 2.23. The van der Waals surface area contributed by atoms with Gasteiger partial charge in [0.1, 0.15) is 11.3 Å². The van der Waals surface area contributed by atoms with E-state index in [1.807, 2.05) is 36.4 Å². The summed E-state index contributed by atoms with van der Waals surface area (Å²) in [5, 5.41) is 0.952. The Morgan fingerprint density at radius 2 is 1.86 bits per heavy atom. The van der Waals surface area contributed by atoms with E-state index >= 15 is 0 Å². The summed E-state index contributed by atoms with van der Waals surface area (Å²) in [7, 11) is 3.22. The summed E-state index contributed by atoms with van der Waals surface area (Å²) < 4.78 is 10.8. The van der Waals surface area contributed by atoms with Crippen LogP contribution in [-0.2, 0) is 0 Å². The number of fused-ring (bicyclic) bond motifs is 1. The molecule has 3 rings (SSSR count). The third-order valence-corrected chi connectivity index (χ3v) is 3.32. The maximum atomic E-state index is 5.90. The molecule has 0 fully saturated rings. The van der Waals surface area contributed by atoms with Crippen molar-refractivity contribution in [3.05, 3.63) is 42.6 Å². The zero-order valence-corrected chi connectivity index (χ0v) is 11.8. The third-order valence-electron chi connectivity index (χ3n) is 3.32. The summed E-state index contributed by atoms with van der Waals surface area (Å²) in [5.74, 6) is 1.72. The van der Waals surface area contributed by atoms with Gasteiger partial charge in [-0.15, -0.1) is 0 Å². The van der Waals surface area contributed by atoms with E-state index in [1.54, 1.807) is 20.4 Å². The molecule has 0 bridgehead atoms. The minimum absolute atomic E-state index is 0.413. The number of aromatic nitrogens is 2. The van der Waals surface area contributed by atoms with Gasteiger partial charge in [0, 0.05) is 17.1 Å². The molecule has 1 aromatic carbocycles. The minimum atomic E-state index is 0.413. The number of benzene rings is 1. The summed E-state index contributed by atoms with van der Waals surface area (Å²) in [6, 6.07) is 11.5. The molecule has 5 nitrogen and oxygen atoms in total. The molecule has 0 aliphatic carbocycles. The van der Waals surface area contributed by atoms with Crippen LogP contribution in [0.5, 0.6) is 11.5 Å². The number of methoxy groups -OCH3 is 2. The topological polar surface area (TPSA) is 70.3 Å². The van der Waals surface area contributed by atoms with E-state index in [-0.39, 0.29) is 0 Å². The largest absolute Gasteiger partial charge is 0.493 e. The number of ether oxygens (including phenoxy) is 2. The molecule has 2 heterocycles. The van der Waals surface area contributed by atoms with Crippen molar-refractivity contribution >= 4 is 16.7 Å². The van der Waals surface area contributed by atoms with Crippen LogP contribution in [0.4, 0.5) is 5.82 Å². The van der Waals surface area contributed by atoms with Crippen LogP contribution in [0.15, 0.2) is 42.6 Å². The fraction of sp³-hybridized carbons (Fsp3) is 0.125. The summed E-state index contributed by atoms with van der Waals surface area (Å²) >= 11 is 0. The van der Waals surface area contributed by atoms with Crippen molar-refractivity contribution in [2.45, 2.75) is 0 Å². The molecule has 0 atom stereocenters. The van der Waals surface area contributed by atoms with Gasteiger partial charge < -0.3 is 15.2 Å². The van der Waals surface area contributed by atoms with Gasteiger partial charge in [-0.1, -0.05) is 12.1 Å². The maximum Gasteiger partial charge on any atom is 0.170 e. The first-order valence-corrected chi connectivity index (χ1v) is 6.47. The Labute approximate surface area is 122 Å². The second-order valence-corrected chi connectivity index (χ2v) is 4.51. The van der Waals surface area contributed by atoms with Crippen LogP contribution in [0.2, 0.25) is 0 Å². The summed E-state index contributed by atoms with van der Waals surface area (Å²) in [5.41, 5.74) is 8.19. The first kappa shape index (κ1) is 13.2. The average Bonchev–Trinajstić information content (AvgIpc) is 2.54. The number of anilines is 1. The molecule has 5 heteroatoms. The van der Waals surface area contributed by atoms with Gasteiger partial charge in [-0.2, -0.15) is 0 Å². The SMILES string of the molecule is COc1cccc(-c2ccc3ccnc(N)c3n2)c1OC. The van der Waals surface area contributed by atoms with E-state index < -0.39 is 0 Å². The smallest absolute Gasteiger partial charge is 0.170 e. The van der Waals surface area contributed by atoms with Crippen LogP contribution in [0.25, 0.3) is 22.2 Å². The number of pyridine rings is 2. The van der Waals surface area contributed by atoms with Crippen molar-refractivity contribution in [3.8, 4) is 22.8 Å². The standard InChI is InChI=1S/C16H15N3O2/c1-20-13-5-3-4-11(15(13)21-2)12-7-6-10-8-9-18-16(17)14(10)19-12/h3-9H,1-2H3,(H2,17,18). The summed E-state index contributed by atoms with van der Waals surface area (Å²) in [4.78, 5) is 8.68. The van der Waals surface area contributed by atoms with Gasteiger partial charge in [0.2, 0.25) is 0 Å². The normalized spacial score (nSPS) is 10.6. The highest BCUT2D eigenvalue weighted by Gasteiger charge is 2.13. The molecular formula is C16H15N3O2. The van der Waals surface area contributed by atoms with Crippen molar-refractivity contribution in [2.24, 2.45) is 0 Å². The average molecular weight is 281 g/mol. The summed E-state index contributed by atoms with van der Waals surface area (Å²) in [6.07, 6.45) is 1.67. The number of para-hydroxylation sites is 1. The van der Waals surface area contributed by atoms with E-state index in [1.165, 1.54) is 0 Å². The zero-order chi connectivity index (χ0) is 14.8. The molecule has 2 N–H and O–H groups in total. The van der Waals surface area contributed by atoms with Gasteiger partial charge in [0.25, 0.3) is 0 Å². The van der Waals surface area contributed by atoms with Crippen LogP contribution in [0.3, 0.4) is 0 Å². The molecule has 0 saturated carbocycles. The predicted molar refractivity (Wildman–Crippen MR) is 82.5 cm³/mol. The Kier molecular flexibility index (Phi) is 3.31. The molecule has 106 valence electrons. The van der Waals surface area contributed by atoms with Gasteiger partial charge in [-0.3, -0.25) is 0 Å². The van der Waals surface area contributed by atoms with E-state index in [2.05, 4.69) is 9.97 Å².